The number of carboxylic acid groups (broad SMARTS) is 1. The van der Waals surface area contributed by atoms with Crippen molar-refractivity contribution < 1.29 is 68.4 Å². The lowest BCUT2D eigenvalue weighted by Crippen LogP contribution is -2.54. The number of aliphatic hydroxyl groups is 4. The average Bonchev–Trinajstić information content (AvgIpc) is 3.68. The van der Waals surface area contributed by atoms with Gasteiger partial charge in [-0.25, -0.2) is 4.79 Å². The zero-order valence-corrected chi connectivity index (χ0v) is 37.1. The molecule has 2 aliphatic rings. The normalized spacial score (nSPS) is 23.2. The Labute approximate surface area is 378 Å². The minimum absolute atomic E-state index is 0.0139. The topological polar surface area (TPSA) is 339 Å². The van der Waals surface area contributed by atoms with Crippen LogP contribution in [-0.4, -0.2) is 176 Å². The van der Waals surface area contributed by atoms with Gasteiger partial charge in [0.25, 0.3) is 11.5 Å². The first-order valence-corrected chi connectivity index (χ1v) is 22.7. The van der Waals surface area contributed by atoms with E-state index in [1.54, 1.807) is 30.5 Å². The quantitative estimate of drug-likeness (QED) is 0.0348. The van der Waals surface area contributed by atoms with E-state index in [1.807, 2.05) is 13.8 Å². The fourth-order valence-corrected chi connectivity index (χ4v) is 8.46. The van der Waals surface area contributed by atoms with Crippen LogP contribution in [0.4, 0.5) is 5.95 Å². The molecule has 0 radical (unpaired) electrons. The maximum Gasteiger partial charge on any atom is 0.326 e. The van der Waals surface area contributed by atoms with Gasteiger partial charge in [-0.1, -0.05) is 26.0 Å². The Morgan fingerprint density at radius 3 is 2.51 bits per heavy atom. The molecule has 2 aliphatic heterocycles. The fourth-order valence-electron chi connectivity index (χ4n) is 7.30. The molecular weight excluding hydrogens is 875 g/mol. The van der Waals surface area contributed by atoms with E-state index in [1.165, 1.54) is 11.8 Å². The van der Waals surface area contributed by atoms with E-state index >= 15 is 0 Å². The van der Waals surface area contributed by atoms with Crippen LogP contribution in [-0.2, 0) is 50.9 Å². The van der Waals surface area contributed by atoms with E-state index in [4.69, 9.17) is 29.4 Å². The smallest absolute Gasteiger partial charge is 0.326 e. The third-order valence-electron chi connectivity index (χ3n) is 10.7. The van der Waals surface area contributed by atoms with Gasteiger partial charge in [0, 0.05) is 55.1 Å². The lowest BCUT2D eigenvalue weighted by atomic mass is 10.0. The number of hydrogen-bond acceptors (Lipinski definition) is 18. The molecule has 0 bridgehead atoms. The number of carbonyl (C=O) groups excluding carboxylic acids is 3. The minimum Gasteiger partial charge on any atom is -0.480 e. The number of ether oxygens (including phenoxy) is 5. The Kier molecular flexibility index (Phi) is 20.0. The van der Waals surface area contributed by atoms with Crippen molar-refractivity contribution in [1.82, 2.24) is 30.9 Å². The number of amides is 2. The number of aryl methyl sites for hydroxylation is 2. The molecular formula is C42H61N7O15S. The molecule has 6 unspecified atom stereocenters. The summed E-state index contributed by atoms with van der Waals surface area (Å²) in [5.74, 6) is -2.10. The number of nitrogens with one attached hydrogen (secondary N) is 5. The first-order chi connectivity index (χ1) is 31.1. The van der Waals surface area contributed by atoms with Gasteiger partial charge in [-0.15, -0.1) is 0 Å². The average molecular weight is 936 g/mol. The fraction of sp³-hybridized carbons (Fsp3) is 0.619. The number of esters is 1. The highest BCUT2D eigenvalue weighted by Gasteiger charge is 2.41. The van der Waals surface area contributed by atoms with Crippen molar-refractivity contribution in [3.63, 3.8) is 0 Å². The zero-order valence-electron chi connectivity index (χ0n) is 36.3. The van der Waals surface area contributed by atoms with Gasteiger partial charge >= 0.3 is 11.9 Å². The van der Waals surface area contributed by atoms with Gasteiger partial charge in [-0.2, -0.15) is 16.7 Å². The number of nitrogens with two attached hydrogens (primary N) is 1. The van der Waals surface area contributed by atoms with Crippen LogP contribution in [0.5, 0.6) is 0 Å². The van der Waals surface area contributed by atoms with E-state index in [9.17, 15) is 49.5 Å². The van der Waals surface area contributed by atoms with Crippen molar-refractivity contribution in [2.24, 2.45) is 0 Å². The molecule has 4 heterocycles. The number of anilines is 1. The summed E-state index contributed by atoms with van der Waals surface area (Å²) >= 11 is 1.44. The van der Waals surface area contributed by atoms with Crippen molar-refractivity contribution in [2.45, 2.75) is 113 Å². The highest BCUT2D eigenvalue weighted by Crippen LogP contribution is 2.28. The van der Waals surface area contributed by atoms with Crippen LogP contribution in [0.2, 0.25) is 0 Å². The third kappa shape index (κ3) is 15.7. The molecule has 2 saturated heterocycles. The maximum absolute atomic E-state index is 13.1. The summed E-state index contributed by atoms with van der Waals surface area (Å²) in [4.78, 5) is 72.1. The third-order valence-corrected chi connectivity index (χ3v) is 11.8. The van der Waals surface area contributed by atoms with E-state index in [0.29, 0.717) is 35.4 Å². The number of carboxylic acids is 1. The number of nitrogens with zero attached hydrogens (tertiary/aromatic N) is 1. The predicted octanol–water partition coefficient (Wildman–Crippen LogP) is -1.28. The molecule has 9 atom stereocenters. The lowest BCUT2D eigenvalue weighted by molar-refractivity contribution is -0.299. The monoisotopic (exact) mass is 935 g/mol. The van der Waals surface area contributed by atoms with Gasteiger partial charge in [0.15, 0.2) is 6.29 Å². The number of aromatic amines is 2. The summed E-state index contributed by atoms with van der Waals surface area (Å²) < 4.78 is 28.1. The molecule has 0 spiro atoms. The molecule has 22 nitrogen and oxygen atoms in total. The number of aliphatic hydroxyl groups excluding tert-OH is 4. The number of H-pyrrole nitrogens is 2. The molecule has 5 rings (SSSR count). The molecule has 360 valence electrons. The first-order valence-electron chi connectivity index (χ1n) is 21.5. The van der Waals surface area contributed by atoms with Crippen molar-refractivity contribution in [1.29, 1.82) is 0 Å². The second-order valence-electron chi connectivity index (χ2n) is 16.2. The number of nitrogen functional groups attached to an aromatic ring is 1. The summed E-state index contributed by atoms with van der Waals surface area (Å²) in [6, 6.07) is 4.65. The van der Waals surface area contributed by atoms with E-state index < -0.39 is 79.5 Å². The minimum atomic E-state index is -1.35. The largest absolute Gasteiger partial charge is 0.480 e. The summed E-state index contributed by atoms with van der Waals surface area (Å²) in [5.41, 5.74) is 7.53. The molecule has 12 N–H and O–H groups in total. The van der Waals surface area contributed by atoms with Crippen LogP contribution < -0.4 is 27.2 Å². The second kappa shape index (κ2) is 25.3. The van der Waals surface area contributed by atoms with Gasteiger partial charge < -0.3 is 75.9 Å². The molecule has 0 aliphatic carbocycles. The summed E-state index contributed by atoms with van der Waals surface area (Å²) in [5, 5.41) is 58.8. The highest BCUT2D eigenvalue weighted by atomic mass is 32.2. The number of thioether (sulfide) groups is 1. The predicted molar refractivity (Wildman–Crippen MR) is 235 cm³/mol. The Balaban J connectivity index is 0.953. The molecule has 0 saturated carbocycles. The van der Waals surface area contributed by atoms with Crippen LogP contribution in [0, 0.1) is 0 Å². The van der Waals surface area contributed by atoms with Crippen LogP contribution in [0.1, 0.15) is 61.0 Å². The van der Waals surface area contributed by atoms with E-state index in [0.717, 1.165) is 11.1 Å². The summed E-state index contributed by atoms with van der Waals surface area (Å²) in [6.45, 7) is 3.66. The van der Waals surface area contributed by atoms with E-state index in [2.05, 4.69) is 30.9 Å². The maximum atomic E-state index is 13.1. The Bertz CT molecular complexity index is 2070. The molecule has 1 aromatic carbocycles. The summed E-state index contributed by atoms with van der Waals surface area (Å²) in [7, 11) is 0. The van der Waals surface area contributed by atoms with Gasteiger partial charge in [0.2, 0.25) is 11.9 Å². The number of aromatic nitrogens is 3. The first kappa shape index (κ1) is 51.3. The Morgan fingerprint density at radius 2 is 1.78 bits per heavy atom. The number of rotatable bonds is 25. The molecule has 3 aromatic rings. The van der Waals surface area contributed by atoms with Crippen LogP contribution >= 0.6 is 11.8 Å². The number of benzene rings is 1. The standard InChI is InChI=1S/C42H61N7O15S/c1-22(2)46-28(20-65-21-33-31(15-26(51)19-62-33)63-41-30(53)16-29(52)32(18-50)64-41)38(56)44-11-12-60-13-14-61-34(54)10-9-27(40(58)59)47-37(55)24-6-3-23(4-7-24)5-8-25-17-45-36-35(25)39(57)49-42(43)48-36/h3-4,6-7,17,22,26-33,41,46,50-53H,5,8-16,18-21H2,1-2H3,(H,44,56)(H,47,55)(H,58,59)(H4,43,45,48,49,57)/t26?,27-,28+,29?,30?,31?,32?,33?,41+/m0/s1. The van der Waals surface area contributed by atoms with E-state index in [-0.39, 0.29) is 87.7 Å². The number of carbonyl (C=O) groups is 4. The lowest BCUT2D eigenvalue weighted by Gasteiger charge is -2.41. The molecule has 23 heteroatoms. The number of fused-ring (bicyclic) bond motifs is 1. The Hall–Kier alpha value is -4.69. The molecule has 65 heavy (non-hydrogen) atoms. The SMILES string of the molecule is CC(C)N[C@H](CSCC1OCC(O)CC1O[C@@H]1OC(CO)C(O)CC1O)C(=O)NCCOCCOC(=O)CC[C@H](NC(=O)c1ccc(CCc2c[nH]c3nc(N)[nH]c(=O)c23)cc1)C(=O)O. The van der Waals surface area contributed by atoms with Crippen LogP contribution in [0.3, 0.4) is 0 Å². The van der Waals surface area contributed by atoms with Gasteiger partial charge in [-0.3, -0.25) is 24.2 Å². The summed E-state index contributed by atoms with van der Waals surface area (Å²) in [6.07, 6.45) is -3.71. The van der Waals surface area contributed by atoms with Crippen molar-refractivity contribution in [3.8, 4) is 0 Å². The molecule has 2 aromatic heterocycles. The van der Waals surface area contributed by atoms with Gasteiger partial charge in [0.1, 0.15) is 30.5 Å². The Morgan fingerprint density at radius 1 is 1.02 bits per heavy atom. The van der Waals surface area contributed by atoms with Crippen molar-refractivity contribution >= 4 is 52.5 Å². The van der Waals surface area contributed by atoms with Crippen molar-refractivity contribution in [3.05, 3.63) is 57.5 Å². The number of hydrogen-bond donors (Lipinski definition) is 11. The van der Waals surface area contributed by atoms with Gasteiger partial charge in [-0.05, 0) is 42.5 Å². The van der Waals surface area contributed by atoms with Crippen LogP contribution in [0.15, 0.2) is 35.3 Å². The van der Waals surface area contributed by atoms with Crippen molar-refractivity contribution in [2.75, 3.05) is 56.8 Å². The van der Waals surface area contributed by atoms with Gasteiger partial charge in [0.05, 0.1) is 62.3 Å². The second-order valence-corrected chi connectivity index (χ2v) is 17.2. The molecule has 2 fully saturated rings. The zero-order chi connectivity index (χ0) is 47.0. The highest BCUT2D eigenvalue weighted by molar-refractivity contribution is 7.99. The number of aliphatic carboxylic acids is 1. The molecule has 2 amide bonds. The van der Waals surface area contributed by atoms with Crippen LogP contribution in [0.25, 0.3) is 11.0 Å².